The summed E-state index contributed by atoms with van der Waals surface area (Å²) < 4.78 is 0. The van der Waals surface area contributed by atoms with Crippen LogP contribution in [0.3, 0.4) is 0 Å². The lowest BCUT2D eigenvalue weighted by Gasteiger charge is -2.26. The maximum absolute atomic E-state index is 12.7. The molecule has 4 rings (SSSR count). The summed E-state index contributed by atoms with van der Waals surface area (Å²) in [5.74, 6) is -0.00877. The molecule has 0 aromatic heterocycles. The summed E-state index contributed by atoms with van der Waals surface area (Å²) in [6, 6.07) is 19.5. The van der Waals surface area contributed by atoms with E-state index in [9.17, 15) is 9.59 Å². The fourth-order valence-electron chi connectivity index (χ4n) is 3.63. The van der Waals surface area contributed by atoms with Gasteiger partial charge in [0.1, 0.15) is 0 Å². The first-order valence-corrected chi connectivity index (χ1v) is 9.58. The Morgan fingerprint density at radius 3 is 2.43 bits per heavy atom. The fraction of sp³-hybridized carbons (Fsp3) is 0.250. The van der Waals surface area contributed by atoms with Gasteiger partial charge in [-0.05, 0) is 53.1 Å². The first-order chi connectivity index (χ1) is 13.3. The minimum atomic E-state index is -0.412. The molecule has 4 heteroatoms. The third kappa shape index (κ3) is 3.38. The van der Waals surface area contributed by atoms with Crippen molar-refractivity contribution in [1.82, 2.24) is 0 Å². The summed E-state index contributed by atoms with van der Waals surface area (Å²) in [4.78, 5) is 27.2. The van der Waals surface area contributed by atoms with Gasteiger partial charge >= 0.3 is 0 Å². The molecule has 1 N–H and O–H groups in total. The van der Waals surface area contributed by atoms with Crippen molar-refractivity contribution in [3.63, 3.8) is 0 Å². The summed E-state index contributed by atoms with van der Waals surface area (Å²) in [7, 11) is 0. The van der Waals surface area contributed by atoms with Gasteiger partial charge in [-0.15, -0.1) is 0 Å². The van der Waals surface area contributed by atoms with E-state index < -0.39 is 5.41 Å². The molecule has 1 heterocycles. The van der Waals surface area contributed by atoms with E-state index in [2.05, 4.69) is 5.32 Å². The number of anilines is 2. The Morgan fingerprint density at radius 1 is 0.929 bits per heavy atom. The molecule has 0 spiro atoms. The molecule has 1 aliphatic heterocycles. The molecular weight excluding hydrogens is 348 g/mol. The van der Waals surface area contributed by atoms with Gasteiger partial charge < -0.3 is 10.2 Å². The van der Waals surface area contributed by atoms with Crippen molar-refractivity contribution in [2.45, 2.75) is 27.2 Å². The van der Waals surface area contributed by atoms with Crippen LogP contribution >= 0.6 is 0 Å². The van der Waals surface area contributed by atoms with Crippen LogP contribution in [-0.4, -0.2) is 18.4 Å². The zero-order valence-electron chi connectivity index (χ0n) is 16.5. The average molecular weight is 372 g/mol. The Morgan fingerprint density at radius 2 is 1.68 bits per heavy atom. The van der Waals surface area contributed by atoms with Crippen molar-refractivity contribution in [3.8, 4) is 0 Å². The maximum Gasteiger partial charge on any atom is 0.255 e. The van der Waals surface area contributed by atoms with Crippen LogP contribution in [0.2, 0.25) is 0 Å². The molecular formula is C24H24N2O2. The van der Waals surface area contributed by atoms with Gasteiger partial charge in [-0.3, -0.25) is 9.59 Å². The van der Waals surface area contributed by atoms with Crippen molar-refractivity contribution < 1.29 is 9.59 Å². The number of benzene rings is 3. The molecule has 0 atom stereocenters. The number of amides is 2. The quantitative estimate of drug-likeness (QED) is 0.686. The van der Waals surface area contributed by atoms with Gasteiger partial charge in [0, 0.05) is 28.9 Å². The molecule has 1 aliphatic rings. The monoisotopic (exact) mass is 372 g/mol. The highest BCUT2D eigenvalue weighted by Gasteiger charge is 2.32. The van der Waals surface area contributed by atoms with Gasteiger partial charge in [0.2, 0.25) is 5.91 Å². The molecule has 142 valence electrons. The molecule has 28 heavy (non-hydrogen) atoms. The van der Waals surface area contributed by atoms with Crippen LogP contribution < -0.4 is 10.2 Å². The highest BCUT2D eigenvalue weighted by atomic mass is 16.2. The van der Waals surface area contributed by atoms with E-state index in [1.54, 1.807) is 0 Å². The Balaban J connectivity index is 1.54. The fourth-order valence-corrected chi connectivity index (χ4v) is 3.63. The molecule has 0 unspecified atom stereocenters. The van der Waals surface area contributed by atoms with Crippen LogP contribution in [0.1, 0.15) is 36.7 Å². The Bertz CT molecular complexity index is 1080. The highest BCUT2D eigenvalue weighted by Crippen LogP contribution is 2.33. The SMILES string of the molecule is CC(C)(C)C(=O)N1CCc2cc(NC(=O)c3ccc4ccccc4c3)ccc21. The van der Waals surface area contributed by atoms with Crippen molar-refractivity contribution in [1.29, 1.82) is 0 Å². The summed E-state index contributed by atoms with van der Waals surface area (Å²) in [6.07, 6.45) is 0.802. The van der Waals surface area contributed by atoms with Gasteiger partial charge in [0.25, 0.3) is 5.91 Å². The molecule has 0 saturated carbocycles. The van der Waals surface area contributed by atoms with Crippen molar-refractivity contribution in [2.75, 3.05) is 16.8 Å². The van der Waals surface area contributed by atoms with E-state index in [1.807, 2.05) is 86.3 Å². The van der Waals surface area contributed by atoms with E-state index in [-0.39, 0.29) is 11.8 Å². The average Bonchev–Trinajstić information content (AvgIpc) is 3.09. The number of hydrogen-bond acceptors (Lipinski definition) is 2. The predicted molar refractivity (Wildman–Crippen MR) is 114 cm³/mol. The Hall–Kier alpha value is -3.14. The number of rotatable bonds is 2. The van der Waals surface area contributed by atoms with E-state index in [1.165, 1.54) is 0 Å². The predicted octanol–water partition coefficient (Wildman–Crippen LogP) is 5.03. The molecule has 3 aromatic rings. The highest BCUT2D eigenvalue weighted by molar-refractivity contribution is 6.07. The van der Waals surface area contributed by atoms with Crippen molar-refractivity contribution >= 4 is 34.0 Å². The number of fused-ring (bicyclic) bond motifs is 2. The summed E-state index contributed by atoms with van der Waals surface area (Å²) >= 11 is 0. The Kier molecular flexibility index (Phi) is 4.42. The number of carbonyl (C=O) groups excluding carboxylic acids is 2. The largest absolute Gasteiger partial charge is 0.322 e. The molecule has 0 bridgehead atoms. The smallest absolute Gasteiger partial charge is 0.255 e. The van der Waals surface area contributed by atoms with Crippen LogP contribution in [-0.2, 0) is 11.2 Å². The zero-order chi connectivity index (χ0) is 19.9. The first-order valence-electron chi connectivity index (χ1n) is 9.58. The second-order valence-electron chi connectivity index (χ2n) is 8.32. The molecule has 4 nitrogen and oxygen atoms in total. The lowest BCUT2D eigenvalue weighted by Crippen LogP contribution is -2.38. The maximum atomic E-state index is 12.7. The minimum Gasteiger partial charge on any atom is -0.322 e. The minimum absolute atomic E-state index is 0.124. The van der Waals surface area contributed by atoms with Crippen LogP contribution in [0, 0.1) is 5.41 Å². The lowest BCUT2D eigenvalue weighted by atomic mass is 9.94. The number of carbonyl (C=O) groups is 2. The molecule has 0 fully saturated rings. The van der Waals surface area contributed by atoms with Gasteiger partial charge in [-0.1, -0.05) is 51.1 Å². The number of hydrogen-bond donors (Lipinski definition) is 1. The van der Waals surface area contributed by atoms with Crippen LogP contribution in [0.25, 0.3) is 10.8 Å². The van der Waals surface area contributed by atoms with Crippen LogP contribution in [0.5, 0.6) is 0 Å². The van der Waals surface area contributed by atoms with Gasteiger partial charge in [0.05, 0.1) is 0 Å². The second-order valence-corrected chi connectivity index (χ2v) is 8.32. The summed E-state index contributed by atoms with van der Waals surface area (Å²) in [5.41, 5.74) is 3.01. The van der Waals surface area contributed by atoms with Crippen LogP contribution in [0.4, 0.5) is 11.4 Å². The molecule has 2 amide bonds. The molecule has 3 aromatic carbocycles. The molecule has 0 saturated heterocycles. The van der Waals surface area contributed by atoms with E-state index in [0.29, 0.717) is 12.1 Å². The zero-order valence-corrected chi connectivity index (χ0v) is 16.5. The van der Waals surface area contributed by atoms with E-state index in [4.69, 9.17) is 0 Å². The van der Waals surface area contributed by atoms with Crippen molar-refractivity contribution in [3.05, 3.63) is 71.8 Å². The summed E-state index contributed by atoms with van der Waals surface area (Å²) in [6.45, 7) is 6.50. The third-order valence-electron chi connectivity index (χ3n) is 5.13. The van der Waals surface area contributed by atoms with Gasteiger partial charge in [0.15, 0.2) is 0 Å². The first kappa shape index (κ1) is 18.2. The normalized spacial score (nSPS) is 13.5. The number of nitrogens with zero attached hydrogens (tertiary/aromatic N) is 1. The second kappa shape index (κ2) is 6.79. The molecule has 0 radical (unpaired) electrons. The van der Waals surface area contributed by atoms with E-state index >= 15 is 0 Å². The number of nitrogens with one attached hydrogen (secondary N) is 1. The van der Waals surface area contributed by atoms with Gasteiger partial charge in [-0.25, -0.2) is 0 Å². The topological polar surface area (TPSA) is 49.4 Å². The summed E-state index contributed by atoms with van der Waals surface area (Å²) in [5, 5.41) is 5.14. The van der Waals surface area contributed by atoms with Crippen molar-refractivity contribution in [2.24, 2.45) is 5.41 Å². The standard InChI is InChI=1S/C24H24N2O2/c1-24(2,3)23(28)26-13-12-18-15-20(10-11-21(18)26)25-22(27)19-9-8-16-6-4-5-7-17(16)14-19/h4-11,14-15H,12-13H2,1-3H3,(H,25,27). The van der Waals surface area contributed by atoms with Crippen LogP contribution in [0.15, 0.2) is 60.7 Å². The van der Waals surface area contributed by atoms with Gasteiger partial charge in [-0.2, -0.15) is 0 Å². The lowest BCUT2D eigenvalue weighted by molar-refractivity contribution is -0.125. The third-order valence-corrected chi connectivity index (χ3v) is 5.13. The molecule has 0 aliphatic carbocycles. The van der Waals surface area contributed by atoms with E-state index in [0.717, 1.165) is 34.1 Å². The Labute approximate surface area is 165 Å².